The number of likely N-dealkylation sites (tertiary alicyclic amines) is 1. The van der Waals surface area contributed by atoms with Crippen molar-refractivity contribution >= 4 is 11.7 Å². The molecule has 1 aliphatic heterocycles. The normalized spacial score (nSPS) is 16.4. The zero-order valence-corrected chi connectivity index (χ0v) is 11.1. The van der Waals surface area contributed by atoms with Crippen LogP contribution in [0, 0.1) is 11.7 Å². The van der Waals surface area contributed by atoms with Crippen molar-refractivity contribution in [3.05, 3.63) is 35.6 Å². The molecule has 1 aromatic carbocycles. The van der Waals surface area contributed by atoms with Gasteiger partial charge in [0.05, 0.1) is 0 Å². The Kier molecular flexibility index (Phi) is 4.30. The minimum absolute atomic E-state index is 0.0848. The standard InChI is InChI=1S/C15H18FNO2/c1-2-14(18)11-6-8-17(9-7-11)15(19)12-4-3-5-13(16)10-12/h3-5,10-11H,2,6-9H2,1H3. The fourth-order valence-corrected chi connectivity index (χ4v) is 2.50. The van der Waals surface area contributed by atoms with E-state index in [-0.39, 0.29) is 17.6 Å². The summed E-state index contributed by atoms with van der Waals surface area (Å²) in [4.78, 5) is 25.5. The summed E-state index contributed by atoms with van der Waals surface area (Å²) in [5.41, 5.74) is 0.375. The third kappa shape index (κ3) is 3.19. The van der Waals surface area contributed by atoms with E-state index in [1.54, 1.807) is 11.0 Å². The summed E-state index contributed by atoms with van der Waals surface area (Å²) >= 11 is 0. The van der Waals surface area contributed by atoms with E-state index in [4.69, 9.17) is 0 Å². The highest BCUT2D eigenvalue weighted by atomic mass is 19.1. The summed E-state index contributed by atoms with van der Waals surface area (Å²) in [5.74, 6) is -0.191. The van der Waals surface area contributed by atoms with Crippen LogP contribution >= 0.6 is 0 Å². The number of rotatable bonds is 3. The number of Topliss-reactive ketones (excluding diaryl/α,β-unsaturated/α-hetero) is 1. The van der Waals surface area contributed by atoms with Crippen LogP contribution in [0.2, 0.25) is 0 Å². The molecule has 0 unspecified atom stereocenters. The van der Waals surface area contributed by atoms with Crippen molar-refractivity contribution in [3.63, 3.8) is 0 Å². The Balaban J connectivity index is 1.98. The van der Waals surface area contributed by atoms with Crippen LogP contribution < -0.4 is 0 Å². The fourth-order valence-electron chi connectivity index (χ4n) is 2.50. The molecule has 0 aliphatic carbocycles. The van der Waals surface area contributed by atoms with Gasteiger partial charge in [0.15, 0.2) is 0 Å². The topological polar surface area (TPSA) is 37.4 Å². The van der Waals surface area contributed by atoms with Crippen LogP contribution in [0.15, 0.2) is 24.3 Å². The number of hydrogen-bond acceptors (Lipinski definition) is 2. The summed E-state index contributed by atoms with van der Waals surface area (Å²) in [6.45, 7) is 3.02. The van der Waals surface area contributed by atoms with E-state index in [0.29, 0.717) is 37.9 Å². The predicted molar refractivity (Wildman–Crippen MR) is 70.3 cm³/mol. The summed E-state index contributed by atoms with van der Waals surface area (Å²) in [6.07, 6.45) is 1.99. The van der Waals surface area contributed by atoms with E-state index < -0.39 is 5.82 Å². The highest BCUT2D eigenvalue weighted by Crippen LogP contribution is 2.21. The van der Waals surface area contributed by atoms with Crippen molar-refractivity contribution < 1.29 is 14.0 Å². The van der Waals surface area contributed by atoms with E-state index in [0.717, 1.165) is 0 Å². The Labute approximate surface area is 112 Å². The molecule has 1 aromatic rings. The van der Waals surface area contributed by atoms with E-state index in [2.05, 4.69) is 0 Å². The highest BCUT2D eigenvalue weighted by molar-refractivity contribution is 5.94. The summed E-state index contributed by atoms with van der Waals surface area (Å²) < 4.78 is 13.1. The smallest absolute Gasteiger partial charge is 0.253 e. The quantitative estimate of drug-likeness (QED) is 0.840. The Morgan fingerprint density at radius 1 is 1.32 bits per heavy atom. The minimum Gasteiger partial charge on any atom is -0.339 e. The van der Waals surface area contributed by atoms with Gasteiger partial charge in [0, 0.05) is 31.0 Å². The lowest BCUT2D eigenvalue weighted by Gasteiger charge is -2.31. The zero-order chi connectivity index (χ0) is 13.8. The molecule has 19 heavy (non-hydrogen) atoms. The molecule has 1 heterocycles. The fraction of sp³-hybridized carbons (Fsp3) is 0.467. The molecule has 102 valence electrons. The van der Waals surface area contributed by atoms with Crippen LogP contribution in [0.1, 0.15) is 36.5 Å². The Morgan fingerprint density at radius 3 is 2.58 bits per heavy atom. The second-order valence-corrected chi connectivity index (χ2v) is 4.90. The van der Waals surface area contributed by atoms with Gasteiger partial charge in [-0.2, -0.15) is 0 Å². The minimum atomic E-state index is -0.401. The Hall–Kier alpha value is -1.71. The van der Waals surface area contributed by atoms with Crippen molar-refractivity contribution in [1.82, 2.24) is 4.90 Å². The first kappa shape index (κ1) is 13.7. The van der Waals surface area contributed by atoms with Gasteiger partial charge in [-0.15, -0.1) is 0 Å². The van der Waals surface area contributed by atoms with Crippen LogP contribution in [0.25, 0.3) is 0 Å². The van der Waals surface area contributed by atoms with Crippen LogP contribution in [0.3, 0.4) is 0 Å². The largest absolute Gasteiger partial charge is 0.339 e. The molecule has 0 bridgehead atoms. The van der Waals surface area contributed by atoms with Crippen molar-refractivity contribution in [3.8, 4) is 0 Å². The lowest BCUT2D eigenvalue weighted by Crippen LogP contribution is -2.40. The molecule has 1 saturated heterocycles. The van der Waals surface area contributed by atoms with Crippen molar-refractivity contribution in [1.29, 1.82) is 0 Å². The van der Waals surface area contributed by atoms with Gasteiger partial charge in [-0.25, -0.2) is 4.39 Å². The second-order valence-electron chi connectivity index (χ2n) is 4.90. The van der Waals surface area contributed by atoms with Gasteiger partial charge >= 0.3 is 0 Å². The number of benzene rings is 1. The average molecular weight is 263 g/mol. The second kappa shape index (κ2) is 5.95. The van der Waals surface area contributed by atoms with Gasteiger partial charge in [-0.1, -0.05) is 13.0 Å². The first-order chi connectivity index (χ1) is 9.11. The molecular weight excluding hydrogens is 245 g/mol. The van der Waals surface area contributed by atoms with Gasteiger partial charge in [0.1, 0.15) is 11.6 Å². The molecule has 2 rings (SSSR count). The molecule has 1 aliphatic rings. The first-order valence-corrected chi connectivity index (χ1v) is 6.69. The Morgan fingerprint density at radius 2 is 2.00 bits per heavy atom. The van der Waals surface area contributed by atoms with E-state index >= 15 is 0 Å². The third-order valence-electron chi connectivity index (χ3n) is 3.66. The molecule has 0 aromatic heterocycles. The average Bonchev–Trinajstić information content (AvgIpc) is 2.46. The molecular formula is C15H18FNO2. The third-order valence-corrected chi connectivity index (χ3v) is 3.66. The number of halogens is 1. The molecule has 0 spiro atoms. The van der Waals surface area contributed by atoms with Gasteiger partial charge in [-0.3, -0.25) is 9.59 Å². The van der Waals surface area contributed by atoms with Gasteiger partial charge in [0.2, 0.25) is 0 Å². The molecule has 1 fully saturated rings. The molecule has 1 amide bonds. The molecule has 0 saturated carbocycles. The molecule has 0 radical (unpaired) electrons. The van der Waals surface area contributed by atoms with Crippen LogP contribution in [0.5, 0.6) is 0 Å². The maximum absolute atomic E-state index is 13.1. The summed E-state index contributed by atoms with van der Waals surface area (Å²) in [7, 11) is 0. The number of amides is 1. The maximum Gasteiger partial charge on any atom is 0.253 e. The summed E-state index contributed by atoms with van der Waals surface area (Å²) in [5, 5.41) is 0. The number of hydrogen-bond donors (Lipinski definition) is 0. The van der Waals surface area contributed by atoms with Crippen LogP contribution in [0.4, 0.5) is 4.39 Å². The predicted octanol–water partition coefficient (Wildman–Crippen LogP) is 2.66. The monoisotopic (exact) mass is 263 g/mol. The van der Waals surface area contributed by atoms with E-state index in [1.807, 2.05) is 6.92 Å². The number of carbonyl (C=O) groups is 2. The van der Waals surface area contributed by atoms with Gasteiger partial charge < -0.3 is 4.90 Å². The Bertz CT molecular complexity index is 479. The number of nitrogens with zero attached hydrogens (tertiary/aromatic N) is 1. The van der Waals surface area contributed by atoms with Crippen molar-refractivity contribution in [2.45, 2.75) is 26.2 Å². The molecule has 3 nitrogen and oxygen atoms in total. The lowest BCUT2D eigenvalue weighted by atomic mass is 9.91. The molecule has 0 atom stereocenters. The van der Waals surface area contributed by atoms with Crippen LogP contribution in [-0.4, -0.2) is 29.7 Å². The van der Waals surface area contributed by atoms with Gasteiger partial charge in [0.25, 0.3) is 5.91 Å². The summed E-state index contributed by atoms with van der Waals surface area (Å²) in [6, 6.07) is 5.74. The van der Waals surface area contributed by atoms with E-state index in [1.165, 1.54) is 18.2 Å². The number of ketones is 1. The number of piperidine rings is 1. The molecule has 4 heteroatoms. The van der Waals surface area contributed by atoms with Crippen LogP contribution in [-0.2, 0) is 4.79 Å². The van der Waals surface area contributed by atoms with E-state index in [9.17, 15) is 14.0 Å². The molecule has 0 N–H and O–H groups in total. The maximum atomic E-state index is 13.1. The zero-order valence-electron chi connectivity index (χ0n) is 11.1. The lowest BCUT2D eigenvalue weighted by molar-refractivity contribution is -0.123. The SMILES string of the molecule is CCC(=O)C1CCN(C(=O)c2cccc(F)c2)CC1. The highest BCUT2D eigenvalue weighted by Gasteiger charge is 2.26. The van der Waals surface area contributed by atoms with Crippen molar-refractivity contribution in [2.75, 3.05) is 13.1 Å². The van der Waals surface area contributed by atoms with Crippen molar-refractivity contribution in [2.24, 2.45) is 5.92 Å². The first-order valence-electron chi connectivity index (χ1n) is 6.69. The van der Waals surface area contributed by atoms with Gasteiger partial charge in [-0.05, 0) is 31.0 Å². The number of carbonyl (C=O) groups excluding carboxylic acids is 2.